The van der Waals surface area contributed by atoms with Gasteiger partial charge in [0.05, 0.1) is 23.2 Å². The summed E-state index contributed by atoms with van der Waals surface area (Å²) < 4.78 is 4.27. The van der Waals surface area contributed by atoms with Gasteiger partial charge in [0.1, 0.15) is 5.69 Å². The first-order valence-corrected chi connectivity index (χ1v) is 10.3. The zero-order chi connectivity index (χ0) is 18.2. The number of nitrogens with one attached hydrogen (secondary N) is 1. The molecule has 2 aliphatic heterocycles. The number of thiophene rings is 1. The van der Waals surface area contributed by atoms with E-state index in [1.165, 1.54) is 17.0 Å². The van der Waals surface area contributed by atoms with E-state index in [1.807, 2.05) is 34.8 Å². The quantitative estimate of drug-likeness (QED) is 0.755. The van der Waals surface area contributed by atoms with Crippen molar-refractivity contribution in [2.45, 2.75) is 32.0 Å². The van der Waals surface area contributed by atoms with E-state index in [9.17, 15) is 4.79 Å². The molecule has 5 rings (SSSR count). The SMILES string of the molecule is O=C(c1cccs1)N1CCC[C@H](n2ccnc2-c2cc3n(n2)CCNC3)C1. The molecule has 0 aliphatic carbocycles. The number of rotatable bonds is 3. The van der Waals surface area contributed by atoms with E-state index >= 15 is 0 Å². The lowest BCUT2D eigenvalue weighted by Crippen LogP contribution is -2.40. The summed E-state index contributed by atoms with van der Waals surface area (Å²) in [4.78, 5) is 20.1. The minimum absolute atomic E-state index is 0.139. The lowest BCUT2D eigenvalue weighted by molar-refractivity contribution is 0.0685. The highest BCUT2D eigenvalue weighted by molar-refractivity contribution is 7.12. The van der Waals surface area contributed by atoms with Crippen molar-refractivity contribution in [2.75, 3.05) is 19.6 Å². The Bertz CT molecular complexity index is 920. The Morgan fingerprint density at radius 2 is 2.30 bits per heavy atom. The largest absolute Gasteiger partial charge is 0.336 e. The van der Waals surface area contributed by atoms with E-state index in [2.05, 4.69) is 25.6 Å². The number of aromatic nitrogens is 4. The molecule has 27 heavy (non-hydrogen) atoms. The minimum Gasteiger partial charge on any atom is -0.336 e. The molecule has 0 saturated carbocycles. The van der Waals surface area contributed by atoms with Crippen LogP contribution in [0.2, 0.25) is 0 Å². The van der Waals surface area contributed by atoms with Gasteiger partial charge in [-0.2, -0.15) is 5.10 Å². The Kier molecular flexibility index (Phi) is 4.29. The summed E-state index contributed by atoms with van der Waals surface area (Å²) in [5.74, 6) is 1.03. The van der Waals surface area contributed by atoms with Gasteiger partial charge in [-0.1, -0.05) is 6.07 Å². The molecule has 8 heteroatoms. The summed E-state index contributed by atoms with van der Waals surface area (Å²) in [7, 11) is 0. The third-order valence-electron chi connectivity index (χ3n) is 5.38. The van der Waals surface area contributed by atoms with Gasteiger partial charge in [0.2, 0.25) is 0 Å². The maximum Gasteiger partial charge on any atom is 0.263 e. The molecular formula is C19H22N6OS. The summed E-state index contributed by atoms with van der Waals surface area (Å²) in [6.07, 6.45) is 5.91. The summed E-state index contributed by atoms with van der Waals surface area (Å²) >= 11 is 1.51. The van der Waals surface area contributed by atoms with E-state index < -0.39 is 0 Å². The van der Waals surface area contributed by atoms with Gasteiger partial charge < -0.3 is 14.8 Å². The molecule has 1 atom stereocenters. The van der Waals surface area contributed by atoms with E-state index in [4.69, 9.17) is 5.10 Å². The number of carbonyl (C=O) groups excluding carboxylic acids is 1. The lowest BCUT2D eigenvalue weighted by Gasteiger charge is -2.33. The molecule has 0 bridgehead atoms. The molecular weight excluding hydrogens is 360 g/mol. The molecule has 0 unspecified atom stereocenters. The van der Waals surface area contributed by atoms with Crippen LogP contribution in [0, 0.1) is 0 Å². The number of imidazole rings is 1. The summed E-state index contributed by atoms with van der Waals surface area (Å²) in [6, 6.07) is 6.20. The Labute approximate surface area is 161 Å². The van der Waals surface area contributed by atoms with Gasteiger partial charge in [-0.15, -0.1) is 11.3 Å². The van der Waals surface area contributed by atoms with Crippen LogP contribution in [0.5, 0.6) is 0 Å². The van der Waals surface area contributed by atoms with Crippen molar-refractivity contribution in [1.82, 2.24) is 29.5 Å². The average molecular weight is 382 g/mol. The van der Waals surface area contributed by atoms with Crippen LogP contribution >= 0.6 is 11.3 Å². The highest BCUT2D eigenvalue weighted by Crippen LogP contribution is 2.28. The first kappa shape index (κ1) is 16.7. The molecule has 140 valence electrons. The molecule has 0 spiro atoms. The van der Waals surface area contributed by atoms with Crippen LogP contribution in [-0.2, 0) is 13.1 Å². The molecule has 1 fully saturated rings. The fraction of sp³-hybridized carbons (Fsp3) is 0.421. The van der Waals surface area contributed by atoms with Crippen molar-refractivity contribution in [3.05, 3.63) is 46.5 Å². The number of hydrogen-bond acceptors (Lipinski definition) is 5. The van der Waals surface area contributed by atoms with Gasteiger partial charge in [-0.3, -0.25) is 9.48 Å². The average Bonchev–Trinajstić information content (AvgIpc) is 3.47. The number of piperidine rings is 1. The first-order valence-electron chi connectivity index (χ1n) is 9.43. The standard InChI is InChI=1S/C19H22N6OS/c26-19(17-4-2-10-27-17)23-7-1-3-14(13-23)24-8-6-21-18(24)16-11-15-12-20-5-9-25(15)22-16/h2,4,6,8,10-11,14,20H,1,3,5,7,9,12-13H2/t14-/m0/s1. The second kappa shape index (κ2) is 6.94. The molecule has 1 saturated heterocycles. The Morgan fingerprint density at radius 3 is 3.15 bits per heavy atom. The number of fused-ring (bicyclic) bond motifs is 1. The fourth-order valence-corrected chi connectivity index (χ4v) is 4.72. The third-order valence-corrected chi connectivity index (χ3v) is 6.23. The highest BCUT2D eigenvalue weighted by Gasteiger charge is 2.28. The predicted molar refractivity (Wildman–Crippen MR) is 104 cm³/mol. The van der Waals surface area contributed by atoms with Crippen molar-refractivity contribution >= 4 is 17.2 Å². The van der Waals surface area contributed by atoms with Gasteiger partial charge in [-0.05, 0) is 30.4 Å². The normalized spacial score (nSPS) is 19.9. The molecule has 3 aromatic heterocycles. The third kappa shape index (κ3) is 3.08. The molecule has 3 aromatic rings. The summed E-state index contributed by atoms with van der Waals surface area (Å²) in [5, 5.41) is 10.1. The van der Waals surface area contributed by atoms with Crippen molar-refractivity contribution < 1.29 is 4.79 Å². The van der Waals surface area contributed by atoms with E-state index in [-0.39, 0.29) is 11.9 Å². The van der Waals surface area contributed by atoms with Crippen molar-refractivity contribution in [3.8, 4) is 11.5 Å². The number of carbonyl (C=O) groups is 1. The van der Waals surface area contributed by atoms with Crippen LogP contribution in [-0.4, -0.2) is 49.8 Å². The molecule has 1 amide bonds. The maximum absolute atomic E-state index is 12.8. The topological polar surface area (TPSA) is 68.0 Å². The van der Waals surface area contributed by atoms with E-state index in [0.717, 1.165) is 62.0 Å². The number of nitrogens with zero attached hydrogens (tertiary/aromatic N) is 5. The number of amides is 1. The van der Waals surface area contributed by atoms with Crippen molar-refractivity contribution in [1.29, 1.82) is 0 Å². The molecule has 5 heterocycles. The summed E-state index contributed by atoms with van der Waals surface area (Å²) in [6.45, 7) is 4.23. The van der Waals surface area contributed by atoms with Crippen molar-refractivity contribution in [2.24, 2.45) is 0 Å². The fourth-order valence-electron chi connectivity index (χ4n) is 4.03. The van der Waals surface area contributed by atoms with Crippen LogP contribution in [0.1, 0.15) is 34.2 Å². The smallest absolute Gasteiger partial charge is 0.263 e. The van der Waals surface area contributed by atoms with Gasteiger partial charge in [0, 0.05) is 38.6 Å². The van der Waals surface area contributed by atoms with Crippen LogP contribution in [0.4, 0.5) is 0 Å². The van der Waals surface area contributed by atoms with E-state index in [1.54, 1.807) is 0 Å². The molecule has 7 nitrogen and oxygen atoms in total. The first-order chi connectivity index (χ1) is 13.3. The Balaban J connectivity index is 1.40. The van der Waals surface area contributed by atoms with Crippen LogP contribution in [0.3, 0.4) is 0 Å². The molecule has 0 radical (unpaired) electrons. The zero-order valence-corrected chi connectivity index (χ0v) is 15.9. The Morgan fingerprint density at radius 1 is 1.33 bits per heavy atom. The Hall–Kier alpha value is -2.45. The van der Waals surface area contributed by atoms with Crippen LogP contribution in [0.15, 0.2) is 36.0 Å². The molecule has 0 aromatic carbocycles. The molecule has 2 aliphatic rings. The maximum atomic E-state index is 12.8. The predicted octanol–water partition coefficient (Wildman–Crippen LogP) is 2.39. The highest BCUT2D eigenvalue weighted by atomic mass is 32.1. The van der Waals surface area contributed by atoms with Crippen molar-refractivity contribution in [3.63, 3.8) is 0 Å². The van der Waals surface area contributed by atoms with E-state index in [0.29, 0.717) is 0 Å². The second-order valence-electron chi connectivity index (χ2n) is 7.10. The van der Waals surface area contributed by atoms with Crippen LogP contribution < -0.4 is 5.32 Å². The minimum atomic E-state index is 0.139. The number of likely N-dealkylation sites (tertiary alicyclic amines) is 1. The van der Waals surface area contributed by atoms with Gasteiger partial charge >= 0.3 is 0 Å². The summed E-state index contributed by atoms with van der Waals surface area (Å²) in [5.41, 5.74) is 2.12. The number of hydrogen-bond donors (Lipinski definition) is 1. The lowest BCUT2D eigenvalue weighted by atomic mass is 10.0. The van der Waals surface area contributed by atoms with Gasteiger partial charge in [0.15, 0.2) is 5.82 Å². The molecule has 1 N–H and O–H groups in total. The second-order valence-corrected chi connectivity index (χ2v) is 8.05. The van der Waals surface area contributed by atoms with Gasteiger partial charge in [-0.25, -0.2) is 4.98 Å². The zero-order valence-electron chi connectivity index (χ0n) is 15.0. The van der Waals surface area contributed by atoms with Gasteiger partial charge in [0.25, 0.3) is 5.91 Å². The monoisotopic (exact) mass is 382 g/mol. The van der Waals surface area contributed by atoms with Crippen LogP contribution in [0.25, 0.3) is 11.5 Å².